The third-order valence-electron chi connectivity index (χ3n) is 2.57. The summed E-state index contributed by atoms with van der Waals surface area (Å²) in [5.41, 5.74) is 0.631. The Morgan fingerprint density at radius 2 is 2.19 bits per heavy atom. The molecule has 0 aliphatic heterocycles. The predicted octanol–water partition coefficient (Wildman–Crippen LogP) is 2.03. The van der Waals surface area contributed by atoms with Crippen LogP contribution in [0.15, 0.2) is 18.5 Å². The molecule has 0 bridgehead atoms. The Morgan fingerprint density at radius 1 is 1.50 bits per heavy atom. The highest BCUT2D eigenvalue weighted by atomic mass is 19.1. The number of aliphatic hydroxyl groups excluding tert-OH is 1. The lowest BCUT2D eigenvalue weighted by Gasteiger charge is -2.29. The number of nitrogens with zero attached hydrogens (tertiary/aromatic N) is 1. The molecular formula is C12H19FN2O. The normalized spacial score (nSPS) is 13.8. The number of halogens is 1. The monoisotopic (exact) mass is 226 g/mol. The van der Waals surface area contributed by atoms with Gasteiger partial charge in [-0.15, -0.1) is 0 Å². The molecule has 0 aromatic carbocycles. The zero-order valence-corrected chi connectivity index (χ0v) is 10.00. The SMILES string of the molecule is CC(NC(C)(C)CCO)c1cncc(F)c1. The van der Waals surface area contributed by atoms with E-state index in [1.165, 1.54) is 12.3 Å². The lowest BCUT2D eigenvalue weighted by atomic mass is 9.98. The lowest BCUT2D eigenvalue weighted by Crippen LogP contribution is -2.41. The molecule has 90 valence electrons. The molecule has 1 atom stereocenters. The van der Waals surface area contributed by atoms with Gasteiger partial charge in [0.1, 0.15) is 5.82 Å². The number of hydrogen-bond donors (Lipinski definition) is 2. The average molecular weight is 226 g/mol. The Bertz CT molecular complexity index is 342. The zero-order valence-electron chi connectivity index (χ0n) is 10.00. The first kappa shape index (κ1) is 13.1. The van der Waals surface area contributed by atoms with Gasteiger partial charge in [0.15, 0.2) is 0 Å². The first-order chi connectivity index (χ1) is 7.44. The van der Waals surface area contributed by atoms with Crippen LogP contribution < -0.4 is 5.32 Å². The van der Waals surface area contributed by atoms with Crippen LogP contribution in [-0.4, -0.2) is 22.2 Å². The Kier molecular flexibility index (Phi) is 4.38. The topological polar surface area (TPSA) is 45.1 Å². The number of aliphatic hydroxyl groups is 1. The Hall–Kier alpha value is -1.00. The second-order valence-corrected chi connectivity index (χ2v) is 4.66. The molecule has 0 saturated heterocycles. The molecule has 0 aliphatic rings. The molecule has 0 spiro atoms. The van der Waals surface area contributed by atoms with Crippen LogP contribution in [0.4, 0.5) is 4.39 Å². The summed E-state index contributed by atoms with van der Waals surface area (Å²) in [6.07, 6.45) is 3.49. The molecular weight excluding hydrogens is 207 g/mol. The van der Waals surface area contributed by atoms with Crippen LogP contribution in [0.1, 0.15) is 38.8 Å². The van der Waals surface area contributed by atoms with E-state index in [9.17, 15) is 4.39 Å². The average Bonchev–Trinajstić information content (AvgIpc) is 2.16. The van der Waals surface area contributed by atoms with Crippen molar-refractivity contribution in [3.05, 3.63) is 29.8 Å². The standard InChI is InChI=1S/C12H19FN2O/c1-9(15-12(2,3)4-5-16)10-6-11(13)8-14-7-10/h6-9,15-16H,4-5H2,1-3H3. The highest BCUT2D eigenvalue weighted by molar-refractivity contribution is 5.14. The van der Waals surface area contributed by atoms with E-state index in [0.29, 0.717) is 6.42 Å². The minimum absolute atomic E-state index is 0.00440. The van der Waals surface area contributed by atoms with Gasteiger partial charge in [0.05, 0.1) is 6.20 Å². The van der Waals surface area contributed by atoms with E-state index in [0.717, 1.165) is 5.56 Å². The fraction of sp³-hybridized carbons (Fsp3) is 0.583. The van der Waals surface area contributed by atoms with E-state index in [1.807, 2.05) is 20.8 Å². The van der Waals surface area contributed by atoms with Crippen molar-refractivity contribution in [1.82, 2.24) is 10.3 Å². The summed E-state index contributed by atoms with van der Waals surface area (Å²) in [5, 5.41) is 12.3. The van der Waals surface area contributed by atoms with Gasteiger partial charge in [-0.05, 0) is 38.8 Å². The second kappa shape index (κ2) is 5.37. The number of nitrogens with one attached hydrogen (secondary N) is 1. The van der Waals surface area contributed by atoms with Crippen molar-refractivity contribution in [2.45, 2.75) is 38.8 Å². The number of pyridine rings is 1. The molecule has 1 heterocycles. The molecule has 3 nitrogen and oxygen atoms in total. The van der Waals surface area contributed by atoms with Gasteiger partial charge in [0, 0.05) is 24.4 Å². The molecule has 2 N–H and O–H groups in total. The summed E-state index contributed by atoms with van der Waals surface area (Å²) in [4.78, 5) is 3.82. The molecule has 1 unspecified atom stereocenters. The van der Waals surface area contributed by atoms with Crippen LogP contribution >= 0.6 is 0 Å². The van der Waals surface area contributed by atoms with Crippen molar-refractivity contribution in [1.29, 1.82) is 0 Å². The van der Waals surface area contributed by atoms with E-state index in [-0.39, 0.29) is 24.0 Å². The van der Waals surface area contributed by atoms with Gasteiger partial charge < -0.3 is 10.4 Å². The van der Waals surface area contributed by atoms with Crippen molar-refractivity contribution in [3.8, 4) is 0 Å². The van der Waals surface area contributed by atoms with Gasteiger partial charge >= 0.3 is 0 Å². The Balaban J connectivity index is 2.68. The molecule has 0 amide bonds. The highest BCUT2D eigenvalue weighted by Crippen LogP contribution is 2.18. The molecule has 4 heteroatoms. The van der Waals surface area contributed by atoms with Gasteiger partial charge in [0.25, 0.3) is 0 Å². The number of aromatic nitrogens is 1. The first-order valence-electron chi connectivity index (χ1n) is 5.43. The summed E-state index contributed by atoms with van der Waals surface area (Å²) in [5.74, 6) is -0.328. The third-order valence-corrected chi connectivity index (χ3v) is 2.57. The maximum absolute atomic E-state index is 13.0. The van der Waals surface area contributed by atoms with Crippen LogP contribution in [0.3, 0.4) is 0 Å². The van der Waals surface area contributed by atoms with Crippen molar-refractivity contribution in [3.63, 3.8) is 0 Å². The summed E-state index contributed by atoms with van der Waals surface area (Å²) in [6, 6.07) is 1.48. The van der Waals surface area contributed by atoms with Crippen molar-refractivity contribution >= 4 is 0 Å². The number of hydrogen-bond acceptors (Lipinski definition) is 3. The maximum atomic E-state index is 13.0. The summed E-state index contributed by atoms with van der Waals surface area (Å²) in [6.45, 7) is 6.10. The Morgan fingerprint density at radius 3 is 2.75 bits per heavy atom. The van der Waals surface area contributed by atoms with Crippen LogP contribution in [0, 0.1) is 5.82 Å². The minimum Gasteiger partial charge on any atom is -0.396 e. The lowest BCUT2D eigenvalue weighted by molar-refractivity contribution is 0.221. The molecule has 1 aromatic rings. The second-order valence-electron chi connectivity index (χ2n) is 4.66. The van der Waals surface area contributed by atoms with Crippen LogP contribution in [-0.2, 0) is 0 Å². The molecule has 1 aromatic heterocycles. The smallest absolute Gasteiger partial charge is 0.141 e. The molecule has 0 radical (unpaired) electrons. The zero-order chi connectivity index (χ0) is 12.2. The minimum atomic E-state index is -0.328. The summed E-state index contributed by atoms with van der Waals surface area (Å²) in [7, 11) is 0. The molecule has 0 aliphatic carbocycles. The number of rotatable bonds is 5. The van der Waals surface area contributed by atoms with Crippen molar-refractivity contribution in [2.24, 2.45) is 0 Å². The van der Waals surface area contributed by atoms with Crippen molar-refractivity contribution in [2.75, 3.05) is 6.61 Å². The molecule has 0 saturated carbocycles. The highest BCUT2D eigenvalue weighted by Gasteiger charge is 2.20. The van der Waals surface area contributed by atoms with Crippen LogP contribution in [0.5, 0.6) is 0 Å². The summed E-state index contributed by atoms with van der Waals surface area (Å²) < 4.78 is 13.0. The molecule has 0 fully saturated rings. The quantitative estimate of drug-likeness (QED) is 0.807. The fourth-order valence-electron chi connectivity index (χ4n) is 1.69. The van der Waals surface area contributed by atoms with Crippen LogP contribution in [0.25, 0.3) is 0 Å². The third kappa shape index (κ3) is 3.87. The van der Waals surface area contributed by atoms with Gasteiger partial charge in [-0.1, -0.05) is 0 Å². The van der Waals surface area contributed by atoms with E-state index < -0.39 is 0 Å². The van der Waals surface area contributed by atoms with Gasteiger partial charge in [-0.2, -0.15) is 0 Å². The predicted molar refractivity (Wildman–Crippen MR) is 61.5 cm³/mol. The van der Waals surface area contributed by atoms with E-state index in [1.54, 1.807) is 6.20 Å². The van der Waals surface area contributed by atoms with Crippen molar-refractivity contribution < 1.29 is 9.50 Å². The maximum Gasteiger partial charge on any atom is 0.141 e. The van der Waals surface area contributed by atoms with E-state index in [4.69, 9.17) is 5.11 Å². The van der Waals surface area contributed by atoms with E-state index >= 15 is 0 Å². The fourth-order valence-corrected chi connectivity index (χ4v) is 1.69. The van der Waals surface area contributed by atoms with Gasteiger partial charge in [0.2, 0.25) is 0 Å². The van der Waals surface area contributed by atoms with E-state index in [2.05, 4.69) is 10.3 Å². The molecule has 16 heavy (non-hydrogen) atoms. The van der Waals surface area contributed by atoms with Gasteiger partial charge in [-0.3, -0.25) is 4.98 Å². The molecule has 1 rings (SSSR count). The van der Waals surface area contributed by atoms with Crippen LogP contribution in [0.2, 0.25) is 0 Å². The largest absolute Gasteiger partial charge is 0.396 e. The first-order valence-corrected chi connectivity index (χ1v) is 5.43. The van der Waals surface area contributed by atoms with Gasteiger partial charge in [-0.25, -0.2) is 4.39 Å². The summed E-state index contributed by atoms with van der Waals surface area (Å²) >= 11 is 0. The Labute approximate surface area is 95.7 Å².